The Morgan fingerprint density at radius 2 is 0.825 bits per heavy atom. The summed E-state index contributed by atoms with van der Waals surface area (Å²) >= 11 is 1.90. The van der Waals surface area contributed by atoms with Gasteiger partial charge < -0.3 is 60.7 Å². The summed E-state index contributed by atoms with van der Waals surface area (Å²) in [6.07, 6.45) is -2.52. The van der Waals surface area contributed by atoms with E-state index in [1.807, 2.05) is 0 Å². The lowest BCUT2D eigenvalue weighted by Gasteiger charge is -2.39. The fraction of sp³-hybridized carbons (Fsp3) is 0.917. The largest absolute Gasteiger partial charge is 0.410 e. The van der Waals surface area contributed by atoms with Crippen LogP contribution in [0, 0.1) is 0 Å². The molecule has 40 heavy (non-hydrogen) atoms. The van der Waals surface area contributed by atoms with Crippen LogP contribution in [0.15, 0.2) is 10.3 Å². The minimum atomic E-state index is -1.48. The normalized spacial score (nSPS) is 35.7. The van der Waals surface area contributed by atoms with Gasteiger partial charge in [-0.25, -0.2) is 0 Å². The van der Waals surface area contributed by atoms with Crippen molar-refractivity contribution in [1.29, 1.82) is 0 Å². The number of aliphatic hydroxyl groups excluding tert-OH is 8. The van der Waals surface area contributed by atoms with Crippen LogP contribution >= 0.6 is 23.5 Å². The standard InChI is InChI=1S/C24H44N2O12S2/c27-11-13-17(29)19(31)21(33)23(37-13)39-15(25-35)9-7-5-3-1-2-4-6-8-10-16(26-36)40-24-22(34)20(32)18(30)14(12-28)38-24/h13-14,17-24,27-36H,1-12H2/b25-15-,26-16-/t13-,14-,17-,18-,19+,20+,21-,22-,23+,24+/m1/s1. The Morgan fingerprint density at radius 1 is 0.500 bits per heavy atom. The number of hydrogen-bond donors (Lipinski definition) is 10. The van der Waals surface area contributed by atoms with Crippen LogP contribution < -0.4 is 0 Å². The molecule has 2 heterocycles. The van der Waals surface area contributed by atoms with Gasteiger partial charge in [0.15, 0.2) is 0 Å². The van der Waals surface area contributed by atoms with Gasteiger partial charge in [0.05, 0.1) is 13.2 Å². The second kappa shape index (κ2) is 18.7. The Kier molecular flexibility index (Phi) is 16.6. The fourth-order valence-electron chi connectivity index (χ4n) is 4.48. The summed E-state index contributed by atoms with van der Waals surface area (Å²) in [6, 6.07) is 0. The predicted molar refractivity (Wildman–Crippen MR) is 147 cm³/mol. The summed E-state index contributed by atoms with van der Waals surface area (Å²) in [5.41, 5.74) is -1.96. The van der Waals surface area contributed by atoms with Gasteiger partial charge in [-0.1, -0.05) is 72.4 Å². The lowest BCUT2D eigenvalue weighted by molar-refractivity contribution is -0.205. The van der Waals surface area contributed by atoms with E-state index in [2.05, 4.69) is 10.3 Å². The molecule has 10 atom stereocenters. The van der Waals surface area contributed by atoms with Crippen LogP contribution in [-0.4, -0.2) is 134 Å². The fourth-order valence-corrected chi connectivity index (χ4v) is 6.63. The highest BCUT2D eigenvalue weighted by Gasteiger charge is 2.45. The van der Waals surface area contributed by atoms with Crippen molar-refractivity contribution in [3.8, 4) is 0 Å². The van der Waals surface area contributed by atoms with E-state index in [1.165, 1.54) is 0 Å². The number of nitrogens with zero attached hydrogens (tertiary/aromatic N) is 2. The molecular formula is C24H44N2O12S2. The number of unbranched alkanes of at least 4 members (excludes halogenated alkanes) is 7. The van der Waals surface area contributed by atoms with Crippen molar-refractivity contribution in [2.75, 3.05) is 13.2 Å². The second-order valence-electron chi connectivity index (χ2n) is 9.95. The SMILES string of the molecule is OC[C@H]1O[C@@H](S/C(CCCCCCCCCC/C(=N/O)S[C@@H]2O[C@H](CO)[C@@H](O)[C@H](O)[C@H]2O)=N\O)[C@H](O)[C@@H](O)[C@@H]1O. The van der Waals surface area contributed by atoms with Crippen molar-refractivity contribution in [2.24, 2.45) is 10.3 Å². The zero-order chi connectivity index (χ0) is 29.7. The summed E-state index contributed by atoms with van der Waals surface area (Å²) in [6.45, 7) is -1.05. The molecule has 2 rings (SSSR count). The Hall–Kier alpha value is -0.760. The van der Waals surface area contributed by atoms with Crippen LogP contribution in [-0.2, 0) is 9.47 Å². The smallest absolute Gasteiger partial charge is 0.138 e. The summed E-state index contributed by atoms with van der Waals surface area (Å²) in [7, 11) is 0. The number of thioether (sulfide) groups is 2. The Labute approximate surface area is 241 Å². The summed E-state index contributed by atoms with van der Waals surface area (Å²) < 4.78 is 10.9. The van der Waals surface area contributed by atoms with Gasteiger partial charge in [0, 0.05) is 0 Å². The topological polar surface area (TPSA) is 245 Å². The van der Waals surface area contributed by atoms with Crippen molar-refractivity contribution in [2.45, 2.75) is 124 Å². The van der Waals surface area contributed by atoms with E-state index in [9.17, 15) is 51.3 Å². The number of rotatable bonds is 15. The van der Waals surface area contributed by atoms with E-state index < -0.39 is 72.9 Å². The average molecular weight is 617 g/mol. The summed E-state index contributed by atoms with van der Waals surface area (Å²) in [5, 5.41) is 104. The maximum atomic E-state index is 10.1. The molecule has 14 nitrogen and oxygen atoms in total. The lowest BCUT2D eigenvalue weighted by Crippen LogP contribution is -2.57. The van der Waals surface area contributed by atoms with Crippen molar-refractivity contribution in [3.63, 3.8) is 0 Å². The number of ether oxygens (including phenoxy) is 2. The lowest BCUT2D eigenvalue weighted by atomic mass is 10.0. The molecule has 0 aromatic heterocycles. The maximum Gasteiger partial charge on any atom is 0.138 e. The minimum absolute atomic E-state index is 0.326. The predicted octanol–water partition coefficient (Wildman–Crippen LogP) is -0.471. The third-order valence-corrected chi connectivity index (χ3v) is 9.32. The first kappa shape index (κ1) is 35.4. The van der Waals surface area contributed by atoms with Gasteiger partial charge >= 0.3 is 0 Å². The van der Waals surface area contributed by atoms with Gasteiger partial charge in [0.2, 0.25) is 0 Å². The van der Waals surface area contributed by atoms with E-state index >= 15 is 0 Å². The highest BCUT2D eigenvalue weighted by molar-refractivity contribution is 8.14. The molecule has 2 saturated heterocycles. The minimum Gasteiger partial charge on any atom is -0.410 e. The van der Waals surface area contributed by atoms with Crippen LogP contribution in [0.5, 0.6) is 0 Å². The molecule has 0 radical (unpaired) electrons. The first-order chi connectivity index (χ1) is 19.2. The quantitative estimate of drug-likeness (QED) is 0.0368. The second-order valence-corrected chi connectivity index (χ2v) is 12.3. The highest BCUT2D eigenvalue weighted by Crippen LogP contribution is 2.32. The molecule has 0 saturated carbocycles. The molecule has 16 heteroatoms. The van der Waals surface area contributed by atoms with Gasteiger partial charge in [0.1, 0.15) is 69.8 Å². The summed E-state index contributed by atoms with van der Waals surface area (Å²) in [5.74, 6) is 0. The molecule has 0 spiro atoms. The molecule has 0 unspecified atom stereocenters. The van der Waals surface area contributed by atoms with Gasteiger partial charge in [-0.15, -0.1) is 0 Å². The van der Waals surface area contributed by atoms with E-state index in [-0.39, 0.29) is 0 Å². The zero-order valence-electron chi connectivity index (χ0n) is 22.3. The molecule has 10 N–H and O–H groups in total. The number of oxime groups is 2. The number of hydrogen-bond acceptors (Lipinski definition) is 16. The van der Waals surface area contributed by atoms with Gasteiger partial charge in [-0.2, -0.15) is 0 Å². The molecule has 2 aliphatic heterocycles. The summed E-state index contributed by atoms with van der Waals surface area (Å²) in [4.78, 5) is 0. The van der Waals surface area contributed by atoms with E-state index in [0.29, 0.717) is 22.9 Å². The third kappa shape index (κ3) is 10.5. The van der Waals surface area contributed by atoms with Crippen molar-refractivity contribution in [1.82, 2.24) is 0 Å². The molecule has 0 aliphatic carbocycles. The van der Waals surface area contributed by atoms with Crippen LogP contribution in [0.3, 0.4) is 0 Å². The van der Waals surface area contributed by atoms with Gasteiger partial charge in [0.25, 0.3) is 0 Å². The Balaban J connectivity index is 1.56. The molecule has 0 amide bonds. The number of aliphatic hydroxyl groups is 8. The van der Waals surface area contributed by atoms with Crippen molar-refractivity contribution >= 4 is 33.6 Å². The van der Waals surface area contributed by atoms with Crippen LogP contribution in [0.4, 0.5) is 0 Å². The molecule has 0 bridgehead atoms. The first-order valence-corrected chi connectivity index (χ1v) is 15.3. The highest BCUT2D eigenvalue weighted by atomic mass is 32.2. The first-order valence-electron chi connectivity index (χ1n) is 13.5. The van der Waals surface area contributed by atoms with Crippen LogP contribution in [0.2, 0.25) is 0 Å². The molecule has 0 aromatic rings. The molecule has 2 fully saturated rings. The van der Waals surface area contributed by atoms with Crippen molar-refractivity contribution in [3.05, 3.63) is 0 Å². The maximum absolute atomic E-state index is 10.1. The van der Waals surface area contributed by atoms with Gasteiger partial charge in [-0.05, 0) is 25.7 Å². The zero-order valence-corrected chi connectivity index (χ0v) is 23.9. The van der Waals surface area contributed by atoms with E-state index in [4.69, 9.17) is 9.47 Å². The third-order valence-electron chi connectivity index (χ3n) is 6.96. The van der Waals surface area contributed by atoms with Crippen molar-refractivity contribution < 1.29 is 60.7 Å². The molecule has 2 aliphatic rings. The van der Waals surface area contributed by atoms with Crippen LogP contribution in [0.25, 0.3) is 0 Å². The van der Waals surface area contributed by atoms with E-state index in [0.717, 1.165) is 74.9 Å². The van der Waals surface area contributed by atoms with Gasteiger partial charge in [-0.3, -0.25) is 0 Å². The average Bonchev–Trinajstić information content (AvgIpc) is 2.96. The molecular weight excluding hydrogens is 572 g/mol. The monoisotopic (exact) mass is 616 g/mol. The van der Waals surface area contributed by atoms with E-state index in [1.54, 1.807) is 0 Å². The molecule has 0 aromatic carbocycles. The molecule has 234 valence electrons. The Bertz CT molecular complexity index is 716. The van der Waals surface area contributed by atoms with Crippen LogP contribution in [0.1, 0.15) is 64.2 Å². The Morgan fingerprint density at radius 3 is 1.12 bits per heavy atom.